The Morgan fingerprint density at radius 3 is 2.41 bits per heavy atom. The van der Waals surface area contributed by atoms with Gasteiger partial charge in [0.1, 0.15) is 5.65 Å². The second kappa shape index (κ2) is 8.93. The van der Waals surface area contributed by atoms with Crippen molar-refractivity contribution in [3.8, 4) is 11.1 Å². The summed E-state index contributed by atoms with van der Waals surface area (Å²) in [6, 6.07) is 7.37. The molecule has 1 aromatic carbocycles. The molecule has 1 N–H and O–H groups in total. The normalized spacial score (nSPS) is 12.7. The zero-order valence-corrected chi connectivity index (χ0v) is 20.0. The zero-order chi connectivity index (χ0) is 23.8. The summed E-state index contributed by atoms with van der Waals surface area (Å²) >= 11 is 6.14. The summed E-state index contributed by atoms with van der Waals surface area (Å²) in [7, 11) is 0. The first-order chi connectivity index (χ1) is 15.0. The van der Waals surface area contributed by atoms with Gasteiger partial charge in [-0.05, 0) is 64.8 Å². The highest BCUT2D eigenvalue weighted by Gasteiger charge is 2.33. The highest BCUT2D eigenvalue weighted by Crippen LogP contribution is 2.42. The smallest absolute Gasteiger partial charge is 0.337 e. The summed E-state index contributed by atoms with van der Waals surface area (Å²) in [4.78, 5) is 20.7. The molecule has 2 heterocycles. The Kier molecular flexibility index (Phi) is 6.64. The number of carboxylic acids is 1. The Bertz CT molecular complexity index is 1210. The minimum absolute atomic E-state index is 0.341. The number of pyridine rings is 1. The monoisotopic (exact) mass is 453 g/mol. The summed E-state index contributed by atoms with van der Waals surface area (Å²) in [6.07, 6.45) is -1.19. The summed E-state index contributed by atoms with van der Waals surface area (Å²) in [5.74, 6) is -1.07. The molecule has 0 saturated carbocycles. The van der Waals surface area contributed by atoms with Gasteiger partial charge in [-0.3, -0.25) is 0 Å². The molecule has 32 heavy (non-hydrogen) atoms. The van der Waals surface area contributed by atoms with Crippen LogP contribution in [0.1, 0.15) is 49.4 Å². The van der Waals surface area contributed by atoms with Crippen molar-refractivity contribution >= 4 is 28.6 Å². The van der Waals surface area contributed by atoms with Gasteiger partial charge in [-0.15, -0.1) is 0 Å². The lowest BCUT2D eigenvalue weighted by atomic mass is 9.91. The van der Waals surface area contributed by atoms with Crippen LogP contribution in [0.2, 0.25) is 5.02 Å². The van der Waals surface area contributed by atoms with Crippen LogP contribution < -0.4 is 0 Å². The molecule has 7 heteroatoms. The molecular weight excluding hydrogens is 426 g/mol. The van der Waals surface area contributed by atoms with Crippen LogP contribution in [0.15, 0.2) is 24.3 Å². The second-order valence-corrected chi connectivity index (χ2v) is 9.32. The van der Waals surface area contributed by atoms with E-state index >= 15 is 0 Å². The fraction of sp³-hybridized carbons (Fsp3) is 0.400. The van der Waals surface area contributed by atoms with E-state index < -0.39 is 17.7 Å². The Hall–Kier alpha value is -2.88. The molecule has 0 aliphatic heterocycles. The largest absolute Gasteiger partial charge is 0.479 e. The third kappa shape index (κ3) is 4.50. The van der Waals surface area contributed by atoms with Crippen LogP contribution in [0.4, 0.5) is 0 Å². The third-order valence-electron chi connectivity index (χ3n) is 5.51. The Morgan fingerprint density at radius 2 is 1.88 bits per heavy atom. The van der Waals surface area contributed by atoms with Gasteiger partial charge in [-0.2, -0.15) is 0 Å². The number of fused-ring (bicyclic) bond motifs is 1. The van der Waals surface area contributed by atoms with E-state index in [2.05, 4.69) is 4.85 Å². The molecule has 0 aliphatic rings. The molecule has 0 radical (unpaired) electrons. The highest BCUT2D eigenvalue weighted by molar-refractivity contribution is 6.30. The molecule has 0 fully saturated rings. The molecule has 168 valence electrons. The highest BCUT2D eigenvalue weighted by atomic mass is 35.5. The van der Waals surface area contributed by atoms with Gasteiger partial charge in [-0.1, -0.05) is 23.7 Å². The average Bonchev–Trinajstić information content (AvgIpc) is 2.93. The van der Waals surface area contributed by atoms with E-state index in [1.807, 2.05) is 58.2 Å². The van der Waals surface area contributed by atoms with Crippen molar-refractivity contribution in [1.29, 1.82) is 0 Å². The molecule has 3 rings (SSSR count). The molecule has 0 amide bonds. The molecule has 0 aliphatic carbocycles. The standard InChI is InChI=1S/C25H28ClN3O3/c1-14-16(3)29(13-12-27-7)23-19(14)21(17-8-10-18(26)11-9-17)20(15(2)28-23)22(24(30)31)32-25(4,5)6/h8-11,22H,12-13H2,1-6H3,(H,30,31). The molecule has 0 bridgehead atoms. The Labute approximate surface area is 193 Å². The summed E-state index contributed by atoms with van der Waals surface area (Å²) < 4.78 is 8.07. The number of hydrogen-bond donors (Lipinski definition) is 1. The first-order valence-electron chi connectivity index (χ1n) is 10.5. The molecule has 1 atom stereocenters. The van der Waals surface area contributed by atoms with Crippen molar-refractivity contribution in [2.24, 2.45) is 0 Å². The summed E-state index contributed by atoms with van der Waals surface area (Å²) in [5, 5.41) is 11.6. The van der Waals surface area contributed by atoms with Crippen molar-refractivity contribution in [2.45, 2.75) is 59.8 Å². The number of benzene rings is 1. The quantitative estimate of drug-likeness (QED) is 0.455. The maximum absolute atomic E-state index is 12.4. The minimum Gasteiger partial charge on any atom is -0.479 e. The maximum atomic E-state index is 12.4. The average molecular weight is 454 g/mol. The maximum Gasteiger partial charge on any atom is 0.337 e. The fourth-order valence-corrected chi connectivity index (χ4v) is 4.17. The van der Waals surface area contributed by atoms with Gasteiger partial charge < -0.3 is 19.3 Å². The van der Waals surface area contributed by atoms with Crippen LogP contribution >= 0.6 is 11.6 Å². The fourth-order valence-electron chi connectivity index (χ4n) is 4.04. The molecule has 0 saturated heterocycles. The first-order valence-corrected chi connectivity index (χ1v) is 10.8. The third-order valence-corrected chi connectivity index (χ3v) is 5.76. The van der Waals surface area contributed by atoms with Crippen molar-refractivity contribution in [1.82, 2.24) is 9.55 Å². The predicted octanol–water partition coefficient (Wildman–Crippen LogP) is 6.14. The molecule has 2 aromatic heterocycles. The number of nitrogens with zero attached hydrogens (tertiary/aromatic N) is 3. The van der Waals surface area contributed by atoms with Crippen molar-refractivity contribution in [3.63, 3.8) is 0 Å². The topological polar surface area (TPSA) is 68.7 Å². The van der Waals surface area contributed by atoms with Gasteiger partial charge in [0.05, 0.1) is 12.1 Å². The Morgan fingerprint density at radius 1 is 1.25 bits per heavy atom. The lowest BCUT2D eigenvalue weighted by Gasteiger charge is -2.28. The minimum atomic E-state index is -1.19. The lowest BCUT2D eigenvalue weighted by molar-refractivity contribution is -0.160. The van der Waals surface area contributed by atoms with Crippen molar-refractivity contribution in [3.05, 3.63) is 63.2 Å². The van der Waals surface area contributed by atoms with Crippen LogP contribution in [-0.2, 0) is 16.1 Å². The Balaban J connectivity index is 2.46. The van der Waals surface area contributed by atoms with Crippen LogP contribution in [0, 0.1) is 27.3 Å². The van der Waals surface area contributed by atoms with E-state index in [-0.39, 0.29) is 0 Å². The van der Waals surface area contributed by atoms with Gasteiger partial charge in [0.2, 0.25) is 6.54 Å². The number of carboxylic acid groups (broad SMARTS) is 1. The number of aromatic nitrogens is 2. The van der Waals surface area contributed by atoms with Gasteiger partial charge in [0.25, 0.3) is 0 Å². The van der Waals surface area contributed by atoms with Crippen LogP contribution in [0.25, 0.3) is 27.0 Å². The first kappa shape index (κ1) is 23.8. The van der Waals surface area contributed by atoms with Crippen LogP contribution in [0.3, 0.4) is 0 Å². The number of rotatable bonds is 6. The van der Waals surface area contributed by atoms with Crippen LogP contribution in [0.5, 0.6) is 0 Å². The molecule has 1 unspecified atom stereocenters. The van der Waals surface area contributed by atoms with Gasteiger partial charge in [-0.25, -0.2) is 16.4 Å². The van der Waals surface area contributed by atoms with E-state index in [4.69, 9.17) is 27.9 Å². The molecule has 0 spiro atoms. The SMILES string of the molecule is [C-]#[N+]CCn1c(C)c(C)c2c(-c3ccc(Cl)cc3)c(C(OC(C)(C)C)C(=O)O)c(C)nc21. The lowest BCUT2D eigenvalue weighted by Crippen LogP contribution is -2.28. The number of aliphatic carboxylic acids is 1. The molecule has 3 aromatic rings. The van der Waals surface area contributed by atoms with Gasteiger partial charge in [0, 0.05) is 32.9 Å². The summed E-state index contributed by atoms with van der Waals surface area (Å²) in [5.41, 5.74) is 4.82. The van der Waals surface area contributed by atoms with E-state index in [1.54, 1.807) is 12.1 Å². The zero-order valence-electron chi connectivity index (χ0n) is 19.3. The number of carbonyl (C=O) groups is 1. The van der Waals surface area contributed by atoms with Crippen molar-refractivity contribution < 1.29 is 14.6 Å². The van der Waals surface area contributed by atoms with Gasteiger partial charge >= 0.3 is 5.97 Å². The summed E-state index contributed by atoms with van der Waals surface area (Å²) in [6.45, 7) is 19.4. The van der Waals surface area contributed by atoms with E-state index in [0.717, 1.165) is 33.4 Å². The predicted molar refractivity (Wildman–Crippen MR) is 127 cm³/mol. The van der Waals surface area contributed by atoms with Crippen molar-refractivity contribution in [2.75, 3.05) is 6.54 Å². The second-order valence-electron chi connectivity index (χ2n) is 8.88. The number of ether oxygens (including phenoxy) is 1. The van der Waals surface area contributed by atoms with E-state index in [9.17, 15) is 9.90 Å². The molecular formula is C25H28ClN3O3. The number of halogens is 1. The molecule has 6 nitrogen and oxygen atoms in total. The van der Waals surface area contributed by atoms with Crippen LogP contribution in [-0.4, -0.2) is 32.8 Å². The number of hydrogen-bond acceptors (Lipinski definition) is 3. The number of aryl methyl sites for hydroxylation is 2. The van der Waals surface area contributed by atoms with E-state index in [0.29, 0.717) is 29.4 Å². The van der Waals surface area contributed by atoms with Gasteiger partial charge in [0.15, 0.2) is 6.10 Å². The van der Waals surface area contributed by atoms with E-state index in [1.165, 1.54) is 0 Å².